The van der Waals surface area contributed by atoms with Gasteiger partial charge in [-0.3, -0.25) is 0 Å². The SMILES string of the molecule is CC(C)(C)OC(=O)NC(C)(CN)C1CCCC1. The number of ether oxygens (including phenoxy) is 1. The Morgan fingerprint density at radius 1 is 1.29 bits per heavy atom. The van der Waals surface area contributed by atoms with E-state index in [9.17, 15) is 4.79 Å². The molecule has 0 aromatic carbocycles. The van der Waals surface area contributed by atoms with Crippen molar-refractivity contribution in [2.24, 2.45) is 11.7 Å². The predicted molar refractivity (Wildman–Crippen MR) is 68.8 cm³/mol. The molecule has 0 spiro atoms. The largest absolute Gasteiger partial charge is 0.444 e. The third kappa shape index (κ3) is 4.19. The Morgan fingerprint density at radius 2 is 1.82 bits per heavy atom. The third-order valence-electron chi connectivity index (χ3n) is 3.47. The molecule has 1 atom stereocenters. The molecule has 4 nitrogen and oxygen atoms in total. The smallest absolute Gasteiger partial charge is 0.408 e. The molecule has 0 saturated heterocycles. The van der Waals surface area contributed by atoms with Crippen LogP contribution in [0.1, 0.15) is 53.4 Å². The van der Waals surface area contributed by atoms with Crippen LogP contribution in [-0.4, -0.2) is 23.8 Å². The Morgan fingerprint density at radius 3 is 2.24 bits per heavy atom. The lowest BCUT2D eigenvalue weighted by atomic mass is 9.84. The highest BCUT2D eigenvalue weighted by Crippen LogP contribution is 2.33. The molecule has 0 aliphatic heterocycles. The van der Waals surface area contributed by atoms with Gasteiger partial charge in [0.2, 0.25) is 0 Å². The van der Waals surface area contributed by atoms with E-state index < -0.39 is 5.60 Å². The van der Waals surface area contributed by atoms with Crippen LogP contribution < -0.4 is 11.1 Å². The fourth-order valence-electron chi connectivity index (χ4n) is 2.42. The molecule has 3 N–H and O–H groups in total. The molecular formula is C13H26N2O2. The minimum Gasteiger partial charge on any atom is -0.444 e. The standard InChI is InChI=1S/C13H26N2O2/c1-12(2,3)17-11(16)15-13(4,9-14)10-7-5-6-8-10/h10H,5-9,14H2,1-4H3,(H,15,16). The average molecular weight is 242 g/mol. The Hall–Kier alpha value is -0.770. The summed E-state index contributed by atoms with van der Waals surface area (Å²) in [6.45, 7) is 8.07. The zero-order valence-electron chi connectivity index (χ0n) is 11.5. The van der Waals surface area contributed by atoms with E-state index in [4.69, 9.17) is 10.5 Å². The van der Waals surface area contributed by atoms with Crippen LogP contribution in [0.25, 0.3) is 0 Å². The van der Waals surface area contributed by atoms with Gasteiger partial charge in [-0.1, -0.05) is 12.8 Å². The summed E-state index contributed by atoms with van der Waals surface area (Å²) in [5.41, 5.74) is 5.03. The van der Waals surface area contributed by atoms with Crippen molar-refractivity contribution in [1.82, 2.24) is 5.32 Å². The van der Waals surface area contributed by atoms with Gasteiger partial charge in [-0.05, 0) is 46.5 Å². The van der Waals surface area contributed by atoms with E-state index in [1.54, 1.807) is 0 Å². The van der Waals surface area contributed by atoms with E-state index in [1.165, 1.54) is 12.8 Å². The van der Waals surface area contributed by atoms with E-state index in [1.807, 2.05) is 27.7 Å². The molecule has 4 heteroatoms. The van der Waals surface area contributed by atoms with Crippen LogP contribution in [0.15, 0.2) is 0 Å². The molecule has 0 aromatic heterocycles. The van der Waals surface area contributed by atoms with Crippen molar-refractivity contribution in [3.63, 3.8) is 0 Å². The van der Waals surface area contributed by atoms with Crippen molar-refractivity contribution in [3.8, 4) is 0 Å². The lowest BCUT2D eigenvalue weighted by Gasteiger charge is -2.36. The number of hydrogen-bond donors (Lipinski definition) is 2. The van der Waals surface area contributed by atoms with Crippen molar-refractivity contribution >= 4 is 6.09 Å². The quantitative estimate of drug-likeness (QED) is 0.799. The molecule has 0 heterocycles. The molecule has 0 radical (unpaired) electrons. The second-order valence-corrected chi connectivity index (χ2v) is 6.23. The van der Waals surface area contributed by atoms with E-state index in [-0.39, 0.29) is 11.6 Å². The minimum absolute atomic E-state index is 0.334. The second kappa shape index (κ2) is 5.25. The lowest BCUT2D eigenvalue weighted by Crippen LogP contribution is -2.56. The van der Waals surface area contributed by atoms with Crippen LogP contribution >= 0.6 is 0 Å². The summed E-state index contributed by atoms with van der Waals surface area (Å²) in [4.78, 5) is 11.8. The van der Waals surface area contributed by atoms with Gasteiger partial charge in [0.1, 0.15) is 5.60 Å². The Kier molecular flexibility index (Phi) is 4.42. The fourth-order valence-corrected chi connectivity index (χ4v) is 2.42. The van der Waals surface area contributed by atoms with Crippen LogP contribution in [0.5, 0.6) is 0 Å². The summed E-state index contributed by atoms with van der Waals surface area (Å²) in [6, 6.07) is 0. The molecule has 17 heavy (non-hydrogen) atoms. The van der Waals surface area contributed by atoms with Gasteiger partial charge in [-0.25, -0.2) is 4.79 Å². The van der Waals surface area contributed by atoms with E-state index >= 15 is 0 Å². The predicted octanol–water partition coefficient (Wildman–Crippen LogP) is 2.42. The maximum atomic E-state index is 11.8. The van der Waals surface area contributed by atoms with Crippen LogP contribution in [0.4, 0.5) is 4.79 Å². The first-order valence-corrected chi connectivity index (χ1v) is 6.48. The highest BCUT2D eigenvalue weighted by Gasteiger charge is 2.37. The van der Waals surface area contributed by atoms with E-state index in [0.29, 0.717) is 12.5 Å². The first-order chi connectivity index (χ1) is 7.77. The molecule has 1 amide bonds. The molecule has 1 fully saturated rings. The molecule has 1 rings (SSSR count). The number of hydrogen-bond acceptors (Lipinski definition) is 3. The van der Waals surface area contributed by atoms with Gasteiger partial charge in [-0.15, -0.1) is 0 Å². The van der Waals surface area contributed by atoms with Gasteiger partial charge in [0.15, 0.2) is 0 Å². The number of rotatable bonds is 3. The monoisotopic (exact) mass is 242 g/mol. The fraction of sp³-hybridized carbons (Fsp3) is 0.923. The van der Waals surface area contributed by atoms with Gasteiger partial charge < -0.3 is 15.8 Å². The van der Waals surface area contributed by atoms with Crippen molar-refractivity contribution < 1.29 is 9.53 Å². The maximum absolute atomic E-state index is 11.8. The Balaban J connectivity index is 2.58. The molecule has 0 aromatic rings. The van der Waals surface area contributed by atoms with Gasteiger partial charge in [0, 0.05) is 6.54 Å². The number of carbonyl (C=O) groups is 1. The summed E-state index contributed by atoms with van der Waals surface area (Å²) >= 11 is 0. The molecule has 1 unspecified atom stereocenters. The number of nitrogens with two attached hydrogens (primary N) is 1. The minimum atomic E-state index is -0.463. The molecular weight excluding hydrogens is 216 g/mol. The van der Waals surface area contributed by atoms with Gasteiger partial charge >= 0.3 is 6.09 Å². The number of amides is 1. The molecule has 100 valence electrons. The number of alkyl carbamates (subject to hydrolysis) is 1. The average Bonchev–Trinajstić information content (AvgIpc) is 2.67. The van der Waals surface area contributed by atoms with E-state index in [0.717, 1.165) is 12.8 Å². The maximum Gasteiger partial charge on any atom is 0.408 e. The zero-order valence-corrected chi connectivity index (χ0v) is 11.5. The summed E-state index contributed by atoms with van der Waals surface area (Å²) < 4.78 is 5.29. The van der Waals surface area contributed by atoms with Crippen molar-refractivity contribution in [2.75, 3.05) is 6.54 Å². The van der Waals surface area contributed by atoms with Gasteiger partial charge in [0.25, 0.3) is 0 Å². The Labute approximate surface area is 104 Å². The molecule has 1 aliphatic rings. The van der Waals surface area contributed by atoms with Crippen molar-refractivity contribution in [3.05, 3.63) is 0 Å². The molecule has 1 aliphatic carbocycles. The van der Waals surface area contributed by atoms with Crippen LogP contribution in [0.2, 0.25) is 0 Å². The van der Waals surface area contributed by atoms with Crippen LogP contribution in [0.3, 0.4) is 0 Å². The van der Waals surface area contributed by atoms with Crippen LogP contribution in [0, 0.1) is 5.92 Å². The number of carbonyl (C=O) groups excluding carboxylic acids is 1. The summed E-state index contributed by atoms with van der Waals surface area (Å²) in [7, 11) is 0. The first kappa shape index (κ1) is 14.3. The normalized spacial score (nSPS) is 21.0. The molecule has 0 bridgehead atoms. The highest BCUT2D eigenvalue weighted by atomic mass is 16.6. The molecule has 1 saturated carbocycles. The first-order valence-electron chi connectivity index (χ1n) is 6.48. The topological polar surface area (TPSA) is 64.3 Å². The highest BCUT2D eigenvalue weighted by molar-refractivity contribution is 5.68. The van der Waals surface area contributed by atoms with Gasteiger partial charge in [0.05, 0.1) is 5.54 Å². The Bertz CT molecular complexity index is 267. The van der Waals surface area contributed by atoms with Gasteiger partial charge in [-0.2, -0.15) is 0 Å². The number of nitrogens with one attached hydrogen (secondary N) is 1. The van der Waals surface area contributed by atoms with Crippen molar-refractivity contribution in [2.45, 2.75) is 64.5 Å². The van der Waals surface area contributed by atoms with Crippen molar-refractivity contribution in [1.29, 1.82) is 0 Å². The summed E-state index contributed by atoms with van der Waals surface area (Å²) in [5.74, 6) is 0.472. The van der Waals surface area contributed by atoms with E-state index in [2.05, 4.69) is 5.32 Å². The third-order valence-corrected chi connectivity index (χ3v) is 3.47. The lowest BCUT2D eigenvalue weighted by molar-refractivity contribution is 0.0428. The second-order valence-electron chi connectivity index (χ2n) is 6.23. The summed E-state index contributed by atoms with van der Waals surface area (Å²) in [5, 5.41) is 2.96. The zero-order chi connectivity index (χ0) is 13.1. The van der Waals surface area contributed by atoms with Crippen LogP contribution in [-0.2, 0) is 4.74 Å². The summed E-state index contributed by atoms with van der Waals surface area (Å²) in [6.07, 6.45) is 4.39.